The van der Waals surface area contributed by atoms with Crippen molar-refractivity contribution >= 4 is 10.9 Å². The number of hydrogen-bond donors (Lipinski definition) is 1. The molecule has 0 spiro atoms. The van der Waals surface area contributed by atoms with Crippen molar-refractivity contribution in [2.75, 3.05) is 0 Å². The van der Waals surface area contributed by atoms with E-state index in [9.17, 15) is 4.79 Å². The molecule has 80 valence electrons. The van der Waals surface area contributed by atoms with Crippen LogP contribution in [0.4, 0.5) is 0 Å². The molecule has 0 saturated carbocycles. The standard InChI is InChI=1S/C11H9N3O2/c1-14-8-5-3-2-4-7(8)6-9(14)10-12-13-11(15)16-10/h2-6H,1H3,(H,13,15). The predicted octanol–water partition coefficient (Wildman–Crippen LogP) is 1.52. The summed E-state index contributed by atoms with van der Waals surface area (Å²) >= 11 is 0. The molecule has 5 heteroatoms. The Kier molecular flexibility index (Phi) is 1.73. The van der Waals surface area contributed by atoms with Crippen LogP contribution in [0.2, 0.25) is 0 Å². The van der Waals surface area contributed by atoms with Crippen molar-refractivity contribution in [1.82, 2.24) is 14.8 Å². The summed E-state index contributed by atoms with van der Waals surface area (Å²) < 4.78 is 6.88. The van der Waals surface area contributed by atoms with Crippen LogP contribution in [0.1, 0.15) is 0 Å². The van der Waals surface area contributed by atoms with Crippen molar-refractivity contribution in [3.8, 4) is 11.6 Å². The van der Waals surface area contributed by atoms with E-state index in [1.54, 1.807) is 0 Å². The van der Waals surface area contributed by atoms with Crippen molar-refractivity contribution in [2.24, 2.45) is 7.05 Å². The van der Waals surface area contributed by atoms with E-state index in [-0.39, 0.29) is 0 Å². The molecule has 16 heavy (non-hydrogen) atoms. The summed E-state index contributed by atoms with van der Waals surface area (Å²) in [5, 5.41) is 7.16. The lowest BCUT2D eigenvalue weighted by atomic mass is 10.2. The molecule has 0 aliphatic carbocycles. The van der Waals surface area contributed by atoms with Gasteiger partial charge in [0.05, 0.1) is 0 Å². The molecule has 0 saturated heterocycles. The first-order chi connectivity index (χ1) is 7.75. The number of rotatable bonds is 1. The van der Waals surface area contributed by atoms with Crippen molar-refractivity contribution < 1.29 is 4.42 Å². The molecule has 0 amide bonds. The maximum Gasteiger partial charge on any atom is 0.434 e. The SMILES string of the molecule is Cn1c(-c2n[nH]c(=O)o2)cc2ccccc21. The number of aromatic amines is 1. The third-order valence-corrected chi connectivity index (χ3v) is 2.61. The monoisotopic (exact) mass is 215 g/mol. The average Bonchev–Trinajstić information content (AvgIpc) is 2.84. The second-order valence-electron chi connectivity index (χ2n) is 3.57. The Hall–Kier alpha value is -2.30. The van der Waals surface area contributed by atoms with Crippen molar-refractivity contribution in [3.63, 3.8) is 0 Å². The van der Waals surface area contributed by atoms with Crippen LogP contribution in [0.3, 0.4) is 0 Å². The molecule has 2 heterocycles. The van der Waals surface area contributed by atoms with Gasteiger partial charge in [0, 0.05) is 18.0 Å². The summed E-state index contributed by atoms with van der Waals surface area (Å²) in [6.45, 7) is 0. The number of benzene rings is 1. The average molecular weight is 215 g/mol. The van der Waals surface area contributed by atoms with Gasteiger partial charge in [-0.1, -0.05) is 18.2 Å². The first-order valence-corrected chi connectivity index (χ1v) is 4.86. The number of hydrogen-bond acceptors (Lipinski definition) is 3. The zero-order valence-corrected chi connectivity index (χ0v) is 8.60. The van der Waals surface area contributed by atoms with Gasteiger partial charge < -0.3 is 8.98 Å². The molecule has 3 rings (SSSR count). The maximum atomic E-state index is 10.9. The van der Waals surface area contributed by atoms with E-state index in [4.69, 9.17) is 4.42 Å². The van der Waals surface area contributed by atoms with Crippen LogP contribution >= 0.6 is 0 Å². The first-order valence-electron chi connectivity index (χ1n) is 4.86. The van der Waals surface area contributed by atoms with Crippen LogP contribution in [0.5, 0.6) is 0 Å². The molecule has 0 unspecified atom stereocenters. The topological polar surface area (TPSA) is 63.8 Å². The summed E-state index contributed by atoms with van der Waals surface area (Å²) in [6.07, 6.45) is 0. The number of H-pyrrole nitrogens is 1. The lowest BCUT2D eigenvalue weighted by Gasteiger charge is -1.98. The largest absolute Gasteiger partial charge is 0.434 e. The zero-order valence-electron chi connectivity index (χ0n) is 8.60. The minimum Gasteiger partial charge on any atom is -0.386 e. The van der Waals surface area contributed by atoms with Gasteiger partial charge in [0.2, 0.25) is 0 Å². The molecule has 0 radical (unpaired) electrons. The van der Waals surface area contributed by atoms with Crippen LogP contribution in [0.25, 0.3) is 22.5 Å². The van der Waals surface area contributed by atoms with Crippen molar-refractivity contribution in [1.29, 1.82) is 0 Å². The van der Waals surface area contributed by atoms with Gasteiger partial charge in [0.25, 0.3) is 5.89 Å². The fourth-order valence-electron chi connectivity index (χ4n) is 1.83. The quantitative estimate of drug-likeness (QED) is 0.669. The van der Waals surface area contributed by atoms with E-state index < -0.39 is 5.76 Å². The first kappa shape index (κ1) is 8.96. The Bertz CT molecular complexity index is 705. The normalized spacial score (nSPS) is 11.1. The highest BCUT2D eigenvalue weighted by Gasteiger charge is 2.11. The fraction of sp³-hybridized carbons (Fsp3) is 0.0909. The van der Waals surface area contributed by atoms with Gasteiger partial charge in [-0.3, -0.25) is 0 Å². The van der Waals surface area contributed by atoms with Gasteiger partial charge in [0.1, 0.15) is 5.69 Å². The minimum atomic E-state index is -0.541. The van der Waals surface area contributed by atoms with Crippen LogP contribution in [0, 0.1) is 0 Å². The Morgan fingerprint density at radius 2 is 2.19 bits per heavy atom. The molecule has 0 fully saturated rings. The molecule has 1 N–H and O–H groups in total. The Morgan fingerprint density at radius 3 is 2.88 bits per heavy atom. The highest BCUT2D eigenvalue weighted by atomic mass is 16.4. The minimum absolute atomic E-state index is 0.309. The van der Waals surface area contributed by atoms with Gasteiger partial charge in [-0.2, -0.15) is 0 Å². The molecular weight excluding hydrogens is 206 g/mol. The summed E-state index contributed by atoms with van der Waals surface area (Å²) in [7, 11) is 1.91. The highest BCUT2D eigenvalue weighted by molar-refractivity contribution is 5.85. The van der Waals surface area contributed by atoms with Gasteiger partial charge in [-0.15, -0.1) is 5.10 Å². The molecule has 5 nitrogen and oxygen atoms in total. The van der Waals surface area contributed by atoms with E-state index in [1.807, 2.05) is 41.9 Å². The van der Waals surface area contributed by atoms with Gasteiger partial charge in [-0.25, -0.2) is 9.89 Å². The summed E-state index contributed by atoms with van der Waals surface area (Å²) in [5.41, 5.74) is 1.85. The molecule has 0 aliphatic heterocycles. The number of aryl methyl sites for hydroxylation is 1. The number of para-hydroxylation sites is 1. The second-order valence-corrected chi connectivity index (χ2v) is 3.57. The van der Waals surface area contributed by atoms with E-state index in [2.05, 4.69) is 10.2 Å². The summed E-state index contributed by atoms with van der Waals surface area (Å²) in [4.78, 5) is 10.9. The van der Waals surface area contributed by atoms with E-state index in [0.29, 0.717) is 5.89 Å². The van der Waals surface area contributed by atoms with Gasteiger partial charge in [-0.05, 0) is 12.1 Å². The molecule has 2 aromatic heterocycles. The molecule has 0 bridgehead atoms. The zero-order chi connectivity index (χ0) is 11.1. The van der Waals surface area contributed by atoms with E-state index >= 15 is 0 Å². The summed E-state index contributed by atoms with van der Waals surface area (Å²) in [5.74, 6) is -0.232. The molecule has 1 aromatic carbocycles. The highest BCUT2D eigenvalue weighted by Crippen LogP contribution is 2.24. The molecule has 0 atom stereocenters. The lowest BCUT2D eigenvalue weighted by Crippen LogP contribution is -1.94. The predicted molar refractivity (Wildman–Crippen MR) is 59.0 cm³/mol. The second kappa shape index (κ2) is 3.10. The van der Waals surface area contributed by atoms with Crippen LogP contribution in [0.15, 0.2) is 39.5 Å². The third-order valence-electron chi connectivity index (χ3n) is 2.61. The maximum absolute atomic E-state index is 10.9. The summed E-state index contributed by atoms with van der Waals surface area (Å²) in [6, 6.07) is 9.88. The number of fused-ring (bicyclic) bond motifs is 1. The van der Waals surface area contributed by atoms with Crippen molar-refractivity contribution in [2.45, 2.75) is 0 Å². The van der Waals surface area contributed by atoms with Crippen molar-refractivity contribution in [3.05, 3.63) is 40.9 Å². The molecular formula is C11H9N3O2. The smallest absolute Gasteiger partial charge is 0.386 e. The Morgan fingerprint density at radius 1 is 1.38 bits per heavy atom. The fourth-order valence-corrected chi connectivity index (χ4v) is 1.83. The van der Waals surface area contributed by atoms with Crippen LogP contribution < -0.4 is 5.76 Å². The van der Waals surface area contributed by atoms with Crippen LogP contribution in [-0.2, 0) is 7.05 Å². The number of nitrogens with zero attached hydrogens (tertiary/aromatic N) is 2. The van der Waals surface area contributed by atoms with Crippen LogP contribution in [-0.4, -0.2) is 14.8 Å². The third kappa shape index (κ3) is 1.18. The van der Waals surface area contributed by atoms with E-state index in [0.717, 1.165) is 16.6 Å². The Labute approximate surface area is 90.3 Å². The van der Waals surface area contributed by atoms with Gasteiger partial charge in [0.15, 0.2) is 0 Å². The van der Waals surface area contributed by atoms with E-state index in [1.165, 1.54) is 0 Å². The molecule has 0 aliphatic rings. The number of aromatic nitrogens is 3. The molecule has 3 aromatic rings. The number of nitrogens with one attached hydrogen (secondary N) is 1. The van der Waals surface area contributed by atoms with Gasteiger partial charge >= 0.3 is 5.76 Å². The lowest BCUT2D eigenvalue weighted by molar-refractivity contribution is 0.523. The Balaban J connectivity index is 2.32.